The van der Waals surface area contributed by atoms with Crippen LogP contribution < -0.4 is 5.32 Å². The zero-order chi connectivity index (χ0) is 15.3. The summed E-state index contributed by atoms with van der Waals surface area (Å²) in [5.74, 6) is 0. The number of nitrogens with one attached hydrogen (secondary N) is 1. The maximum atomic E-state index is 11.8. The van der Waals surface area contributed by atoms with Crippen molar-refractivity contribution >= 4 is 44.1 Å². The fourth-order valence-corrected chi connectivity index (χ4v) is 2.81. The third-order valence-corrected chi connectivity index (χ3v) is 3.66. The third kappa shape index (κ3) is 5.28. The van der Waals surface area contributed by atoms with Crippen LogP contribution in [-0.4, -0.2) is 15.9 Å². The van der Waals surface area contributed by atoms with Crippen molar-refractivity contribution in [3.63, 3.8) is 0 Å². The van der Waals surface area contributed by atoms with Crippen LogP contribution in [0.4, 0.5) is 4.79 Å². The van der Waals surface area contributed by atoms with Gasteiger partial charge in [-0.25, -0.2) is 4.79 Å². The lowest BCUT2D eigenvalue weighted by Gasteiger charge is -2.28. The van der Waals surface area contributed by atoms with Gasteiger partial charge in [0.05, 0.1) is 0 Å². The van der Waals surface area contributed by atoms with Crippen LogP contribution >= 0.6 is 34.2 Å². The number of amides is 1. The Labute approximate surface area is 137 Å². The summed E-state index contributed by atoms with van der Waals surface area (Å²) in [5, 5.41) is 3.12. The Kier molecular flexibility index (Phi) is 6.26. The zero-order valence-electron chi connectivity index (χ0n) is 11.6. The van der Waals surface area contributed by atoms with Gasteiger partial charge in [0.1, 0.15) is 12.6 Å². The summed E-state index contributed by atoms with van der Waals surface area (Å²) in [4.78, 5) is 23.3. The summed E-state index contributed by atoms with van der Waals surface area (Å²) < 4.78 is 4.96. The van der Waals surface area contributed by atoms with Crippen molar-refractivity contribution in [2.24, 2.45) is 5.41 Å². The van der Waals surface area contributed by atoms with Crippen LogP contribution in [0, 0.1) is 5.41 Å². The molecule has 0 radical (unpaired) electrons. The highest BCUT2D eigenvalue weighted by molar-refractivity contribution is 14.1. The van der Waals surface area contributed by atoms with Gasteiger partial charge in [0.2, 0.25) is 3.79 Å². The van der Waals surface area contributed by atoms with Gasteiger partial charge < -0.3 is 10.1 Å². The van der Waals surface area contributed by atoms with E-state index in [9.17, 15) is 9.59 Å². The van der Waals surface area contributed by atoms with Crippen molar-refractivity contribution in [1.29, 1.82) is 0 Å². The van der Waals surface area contributed by atoms with E-state index in [1.807, 2.05) is 26.8 Å². The molecule has 1 rings (SSSR count). The Morgan fingerprint density at radius 2 is 1.95 bits per heavy atom. The molecule has 1 aromatic rings. The van der Waals surface area contributed by atoms with Crippen molar-refractivity contribution < 1.29 is 14.3 Å². The molecule has 110 valence electrons. The highest BCUT2D eigenvalue weighted by Crippen LogP contribution is 2.22. The lowest BCUT2D eigenvalue weighted by atomic mass is 9.88. The van der Waals surface area contributed by atoms with E-state index in [0.717, 1.165) is 5.56 Å². The number of rotatable bonds is 4. The van der Waals surface area contributed by atoms with E-state index in [0.29, 0.717) is 5.02 Å². The molecule has 1 unspecified atom stereocenters. The first kappa shape index (κ1) is 17.2. The second kappa shape index (κ2) is 7.26. The molecule has 0 heterocycles. The van der Waals surface area contributed by atoms with E-state index in [4.69, 9.17) is 16.3 Å². The molecule has 0 aliphatic heterocycles. The van der Waals surface area contributed by atoms with E-state index in [1.54, 1.807) is 40.8 Å². The predicted molar refractivity (Wildman–Crippen MR) is 87.0 cm³/mol. The third-order valence-electron chi connectivity index (χ3n) is 2.67. The second-order valence-electron chi connectivity index (χ2n) is 5.42. The van der Waals surface area contributed by atoms with Crippen LogP contribution in [0.5, 0.6) is 0 Å². The topological polar surface area (TPSA) is 55.4 Å². The Morgan fingerprint density at radius 1 is 1.35 bits per heavy atom. The van der Waals surface area contributed by atoms with E-state index < -0.39 is 12.1 Å². The van der Waals surface area contributed by atoms with Gasteiger partial charge in [-0.1, -0.05) is 50.6 Å². The highest BCUT2D eigenvalue weighted by atomic mass is 127. The molecule has 1 aromatic carbocycles. The van der Waals surface area contributed by atoms with Gasteiger partial charge >= 0.3 is 6.09 Å². The van der Waals surface area contributed by atoms with Crippen LogP contribution in [0.25, 0.3) is 0 Å². The molecule has 0 aliphatic rings. The molecular formula is C14H17ClINO3. The molecule has 0 saturated heterocycles. The van der Waals surface area contributed by atoms with Gasteiger partial charge in [-0.3, -0.25) is 4.79 Å². The number of ether oxygens (including phenoxy) is 1. The lowest BCUT2D eigenvalue weighted by Crippen LogP contribution is -2.47. The number of hydrogen-bond donors (Lipinski definition) is 1. The molecule has 0 aromatic heterocycles. The zero-order valence-corrected chi connectivity index (χ0v) is 14.5. The van der Waals surface area contributed by atoms with E-state index in [-0.39, 0.29) is 15.8 Å². The van der Waals surface area contributed by atoms with Gasteiger partial charge in [0.25, 0.3) is 0 Å². The van der Waals surface area contributed by atoms with E-state index in [1.165, 1.54) is 0 Å². The van der Waals surface area contributed by atoms with Crippen molar-refractivity contribution in [3.8, 4) is 0 Å². The first-order valence-electron chi connectivity index (χ1n) is 6.08. The SMILES string of the molecule is CC(C)(C)C(NC(=O)OCc1ccccc1Cl)C(=O)I. The number of carbonyl (C=O) groups is 2. The molecule has 1 atom stereocenters. The van der Waals surface area contributed by atoms with Crippen LogP contribution in [0.15, 0.2) is 24.3 Å². The molecule has 1 N–H and O–H groups in total. The van der Waals surface area contributed by atoms with Crippen LogP contribution in [-0.2, 0) is 16.1 Å². The Balaban J connectivity index is 2.60. The summed E-state index contributed by atoms with van der Waals surface area (Å²) in [6.45, 7) is 5.70. The standard InChI is InChI=1S/C14H17ClINO3/c1-14(2,3)11(12(16)18)17-13(19)20-8-9-6-4-5-7-10(9)15/h4-7,11H,8H2,1-3H3,(H,17,19). The van der Waals surface area contributed by atoms with Crippen LogP contribution in [0.2, 0.25) is 5.02 Å². The molecule has 0 bridgehead atoms. The predicted octanol–water partition coefficient (Wildman–Crippen LogP) is 3.94. The first-order chi connectivity index (χ1) is 9.21. The lowest BCUT2D eigenvalue weighted by molar-refractivity contribution is -0.113. The summed E-state index contributed by atoms with van der Waals surface area (Å²) in [6.07, 6.45) is -0.630. The van der Waals surface area contributed by atoms with E-state index >= 15 is 0 Å². The monoisotopic (exact) mass is 409 g/mol. The normalized spacial score (nSPS) is 12.7. The minimum Gasteiger partial charge on any atom is -0.445 e. The van der Waals surface area contributed by atoms with Crippen molar-refractivity contribution in [1.82, 2.24) is 5.32 Å². The second-order valence-corrected chi connectivity index (χ2v) is 6.89. The summed E-state index contributed by atoms with van der Waals surface area (Å²) in [5.41, 5.74) is 0.347. The maximum absolute atomic E-state index is 11.8. The molecule has 0 fully saturated rings. The minimum atomic E-state index is -0.630. The molecule has 20 heavy (non-hydrogen) atoms. The fraction of sp³-hybridized carbons (Fsp3) is 0.429. The van der Waals surface area contributed by atoms with Crippen LogP contribution in [0.1, 0.15) is 26.3 Å². The highest BCUT2D eigenvalue weighted by Gasteiger charge is 2.31. The average Bonchev–Trinajstić information content (AvgIpc) is 2.33. The number of benzene rings is 1. The van der Waals surface area contributed by atoms with Gasteiger partial charge in [-0.05, 0) is 11.5 Å². The average molecular weight is 410 g/mol. The Hall–Kier alpha value is -0.820. The number of alkyl carbamates (subject to hydrolysis) is 1. The summed E-state index contributed by atoms with van der Waals surface area (Å²) in [6, 6.07) is 6.53. The molecule has 0 spiro atoms. The Morgan fingerprint density at radius 3 is 2.45 bits per heavy atom. The molecule has 4 nitrogen and oxygen atoms in total. The smallest absolute Gasteiger partial charge is 0.408 e. The Bertz CT molecular complexity index is 499. The number of hydrogen-bond acceptors (Lipinski definition) is 3. The molecule has 0 aliphatic carbocycles. The summed E-state index contributed by atoms with van der Waals surface area (Å²) in [7, 11) is 0. The largest absolute Gasteiger partial charge is 0.445 e. The van der Waals surface area contributed by atoms with Gasteiger partial charge in [-0.2, -0.15) is 0 Å². The maximum Gasteiger partial charge on any atom is 0.408 e. The summed E-state index contributed by atoms with van der Waals surface area (Å²) >= 11 is 7.65. The number of carbonyl (C=O) groups excluding carboxylic acids is 2. The molecule has 1 amide bonds. The quantitative estimate of drug-likeness (QED) is 0.605. The van der Waals surface area contributed by atoms with Gasteiger partial charge in [0, 0.05) is 33.2 Å². The molecular weight excluding hydrogens is 393 g/mol. The van der Waals surface area contributed by atoms with Crippen molar-refractivity contribution in [2.45, 2.75) is 33.4 Å². The van der Waals surface area contributed by atoms with Crippen molar-refractivity contribution in [3.05, 3.63) is 34.9 Å². The van der Waals surface area contributed by atoms with Gasteiger partial charge in [-0.15, -0.1) is 0 Å². The molecule has 0 saturated carbocycles. The van der Waals surface area contributed by atoms with Gasteiger partial charge in [0.15, 0.2) is 0 Å². The van der Waals surface area contributed by atoms with E-state index in [2.05, 4.69) is 5.32 Å². The molecule has 6 heteroatoms. The van der Waals surface area contributed by atoms with Crippen LogP contribution in [0.3, 0.4) is 0 Å². The fourth-order valence-electron chi connectivity index (χ4n) is 1.53. The minimum absolute atomic E-state index is 0.0673. The first-order valence-corrected chi connectivity index (χ1v) is 7.53. The number of halogens is 2. The van der Waals surface area contributed by atoms with Crippen molar-refractivity contribution in [2.75, 3.05) is 0 Å².